The molecule has 0 aliphatic heterocycles. The number of allylic oxidation sites excluding steroid dienone is 2. The number of rotatable bonds is 1. The normalized spacial score (nSPS) is 43.7. The van der Waals surface area contributed by atoms with Gasteiger partial charge < -0.3 is 0 Å². The lowest BCUT2D eigenvalue weighted by Gasteiger charge is -2.32. The zero-order valence-electron chi connectivity index (χ0n) is 8.44. The van der Waals surface area contributed by atoms with Crippen LogP contribution in [0, 0.1) is 17.8 Å². The maximum atomic E-state index is 6.05. The first-order valence-electron chi connectivity index (χ1n) is 5.75. The molecule has 0 spiro atoms. The second-order valence-electron chi connectivity index (χ2n) is 5.04. The van der Waals surface area contributed by atoms with Crippen LogP contribution >= 0.6 is 11.6 Å². The van der Waals surface area contributed by atoms with Gasteiger partial charge in [0.25, 0.3) is 0 Å². The average molecular weight is 217 g/mol. The van der Waals surface area contributed by atoms with E-state index in [0.29, 0.717) is 11.8 Å². The zero-order chi connectivity index (χ0) is 9.99. The molecule has 0 radical (unpaired) electrons. The summed E-state index contributed by atoms with van der Waals surface area (Å²) in [6.07, 6.45) is 4.83. The molecule has 1 aromatic carbocycles. The Bertz CT molecular complexity index is 409. The molecule has 5 rings (SSSR count). The molecule has 0 amide bonds. The van der Waals surface area contributed by atoms with Crippen molar-refractivity contribution in [1.82, 2.24) is 0 Å². The molecular weight excluding hydrogens is 204 g/mol. The van der Waals surface area contributed by atoms with Gasteiger partial charge in [0.2, 0.25) is 0 Å². The van der Waals surface area contributed by atoms with Gasteiger partial charge in [0.15, 0.2) is 0 Å². The lowest BCUT2D eigenvalue weighted by Crippen LogP contribution is -2.19. The van der Waals surface area contributed by atoms with Crippen molar-refractivity contribution in [1.29, 1.82) is 0 Å². The number of halogens is 1. The van der Waals surface area contributed by atoms with Crippen LogP contribution in [0.15, 0.2) is 36.4 Å². The van der Waals surface area contributed by atoms with E-state index in [1.165, 1.54) is 0 Å². The van der Waals surface area contributed by atoms with Gasteiger partial charge in [0.05, 0.1) is 0 Å². The lowest BCUT2D eigenvalue weighted by molar-refractivity contribution is 0.523. The highest BCUT2D eigenvalue weighted by atomic mass is 35.5. The van der Waals surface area contributed by atoms with Gasteiger partial charge in [-0.05, 0) is 28.9 Å². The lowest BCUT2D eigenvalue weighted by atomic mass is 9.72. The predicted octanol–water partition coefficient (Wildman–Crippen LogP) is 3.54. The van der Waals surface area contributed by atoms with Crippen molar-refractivity contribution >= 4 is 11.6 Å². The Balaban J connectivity index is 1.88. The summed E-state index contributed by atoms with van der Waals surface area (Å²) in [5.41, 5.74) is 3.14. The highest BCUT2D eigenvalue weighted by molar-refractivity contribution is 6.18. The third-order valence-corrected chi connectivity index (χ3v) is 4.90. The molecule has 1 saturated carbocycles. The fourth-order valence-electron chi connectivity index (χ4n) is 3.88. The Hall–Kier alpha value is -0.750. The van der Waals surface area contributed by atoms with Crippen LogP contribution in [0.1, 0.15) is 23.0 Å². The minimum absolute atomic E-state index is 0.667. The van der Waals surface area contributed by atoms with Crippen LogP contribution < -0.4 is 0 Å². The van der Waals surface area contributed by atoms with Crippen molar-refractivity contribution in [3.63, 3.8) is 0 Å². The number of alkyl halides is 1. The Labute approximate surface area is 94.9 Å². The van der Waals surface area contributed by atoms with Crippen LogP contribution in [0.5, 0.6) is 0 Å². The molecule has 15 heavy (non-hydrogen) atoms. The van der Waals surface area contributed by atoms with Gasteiger partial charge in [-0.15, -0.1) is 11.6 Å². The first kappa shape index (κ1) is 8.41. The van der Waals surface area contributed by atoms with Crippen molar-refractivity contribution in [2.45, 2.75) is 11.8 Å². The molecule has 4 atom stereocenters. The fraction of sp³-hybridized carbons (Fsp3) is 0.429. The van der Waals surface area contributed by atoms with Crippen LogP contribution in [-0.4, -0.2) is 5.88 Å². The average Bonchev–Trinajstić information content (AvgIpc) is 3.05. The second kappa shape index (κ2) is 2.68. The molecule has 0 saturated heterocycles. The molecule has 4 unspecified atom stereocenters. The number of hydrogen-bond acceptors (Lipinski definition) is 0. The summed E-state index contributed by atoms with van der Waals surface area (Å²) in [5.74, 6) is 4.65. The summed E-state index contributed by atoms with van der Waals surface area (Å²) in [6, 6.07) is 8.94. The molecular formula is C14H13Cl. The molecule has 76 valence electrons. The summed E-state index contributed by atoms with van der Waals surface area (Å²) in [7, 11) is 0. The molecule has 0 aromatic heterocycles. The molecule has 4 aliphatic rings. The van der Waals surface area contributed by atoms with Crippen molar-refractivity contribution in [3.05, 3.63) is 47.5 Å². The van der Waals surface area contributed by atoms with Crippen molar-refractivity contribution in [2.24, 2.45) is 17.8 Å². The van der Waals surface area contributed by atoms with Crippen LogP contribution in [0.3, 0.4) is 0 Å². The van der Waals surface area contributed by atoms with Crippen molar-refractivity contribution in [2.75, 3.05) is 5.88 Å². The van der Waals surface area contributed by atoms with Crippen LogP contribution in [0.2, 0.25) is 0 Å². The first-order valence-corrected chi connectivity index (χ1v) is 6.28. The Morgan fingerprint density at radius 2 is 1.47 bits per heavy atom. The third kappa shape index (κ3) is 0.896. The maximum absolute atomic E-state index is 6.05. The fourth-order valence-corrected chi connectivity index (χ4v) is 4.29. The summed E-state index contributed by atoms with van der Waals surface area (Å²) in [6.45, 7) is 0. The maximum Gasteiger partial charge on any atom is 0.0257 e. The van der Waals surface area contributed by atoms with E-state index < -0.39 is 0 Å². The third-order valence-electron chi connectivity index (χ3n) is 4.54. The summed E-state index contributed by atoms with van der Waals surface area (Å²) in [4.78, 5) is 0. The molecule has 4 aliphatic carbocycles. The van der Waals surface area contributed by atoms with Gasteiger partial charge in [0.1, 0.15) is 0 Å². The van der Waals surface area contributed by atoms with Crippen molar-refractivity contribution in [3.8, 4) is 0 Å². The molecule has 0 nitrogen and oxygen atoms in total. The van der Waals surface area contributed by atoms with E-state index in [0.717, 1.165) is 23.6 Å². The van der Waals surface area contributed by atoms with E-state index in [4.69, 9.17) is 11.6 Å². The van der Waals surface area contributed by atoms with Gasteiger partial charge in [-0.1, -0.05) is 36.4 Å². The van der Waals surface area contributed by atoms with Crippen LogP contribution in [0.4, 0.5) is 0 Å². The van der Waals surface area contributed by atoms with Gasteiger partial charge in [0, 0.05) is 17.7 Å². The minimum atomic E-state index is 0.667. The van der Waals surface area contributed by atoms with E-state index in [1.807, 2.05) is 0 Å². The van der Waals surface area contributed by atoms with Crippen LogP contribution in [0.25, 0.3) is 0 Å². The molecule has 1 fully saturated rings. The van der Waals surface area contributed by atoms with Crippen LogP contribution in [-0.2, 0) is 0 Å². The molecule has 2 bridgehead atoms. The smallest absolute Gasteiger partial charge is 0.0257 e. The van der Waals surface area contributed by atoms with E-state index >= 15 is 0 Å². The van der Waals surface area contributed by atoms with Gasteiger partial charge in [-0.3, -0.25) is 0 Å². The standard InChI is InChI=1S/C14H13Cl/c15-7-12-13-10-5-6-11(14(12)13)9-4-2-1-3-8(9)10/h1-6,10-14H,7H2. The minimum Gasteiger partial charge on any atom is -0.126 e. The zero-order valence-corrected chi connectivity index (χ0v) is 9.19. The highest BCUT2D eigenvalue weighted by Crippen LogP contribution is 2.68. The van der Waals surface area contributed by atoms with E-state index in [2.05, 4.69) is 36.4 Å². The predicted molar refractivity (Wildman–Crippen MR) is 62.3 cm³/mol. The Kier molecular flexibility index (Phi) is 1.50. The topological polar surface area (TPSA) is 0 Å². The van der Waals surface area contributed by atoms with Crippen molar-refractivity contribution < 1.29 is 0 Å². The Morgan fingerprint density at radius 1 is 0.933 bits per heavy atom. The quantitative estimate of drug-likeness (QED) is 0.498. The first-order chi connectivity index (χ1) is 7.42. The molecule has 1 aromatic rings. The van der Waals surface area contributed by atoms with E-state index in [9.17, 15) is 0 Å². The van der Waals surface area contributed by atoms with E-state index in [1.54, 1.807) is 11.1 Å². The Morgan fingerprint density at radius 3 is 1.93 bits per heavy atom. The molecule has 1 heteroatoms. The summed E-state index contributed by atoms with van der Waals surface area (Å²) in [5, 5.41) is 0. The molecule has 0 N–H and O–H groups in total. The largest absolute Gasteiger partial charge is 0.126 e. The van der Waals surface area contributed by atoms with Gasteiger partial charge >= 0.3 is 0 Å². The summed E-state index contributed by atoms with van der Waals surface area (Å²) >= 11 is 6.05. The second-order valence-corrected chi connectivity index (χ2v) is 5.35. The van der Waals surface area contributed by atoms with Gasteiger partial charge in [-0.2, -0.15) is 0 Å². The number of hydrogen-bond donors (Lipinski definition) is 0. The number of benzene rings is 1. The van der Waals surface area contributed by atoms with Gasteiger partial charge in [-0.25, -0.2) is 0 Å². The highest BCUT2D eigenvalue weighted by Gasteiger charge is 2.61. The monoisotopic (exact) mass is 216 g/mol. The van der Waals surface area contributed by atoms with E-state index in [-0.39, 0.29) is 0 Å². The summed E-state index contributed by atoms with van der Waals surface area (Å²) < 4.78 is 0. The SMILES string of the molecule is ClCC1C2C3C=CC(c4ccccc43)C12. The molecule has 0 heterocycles.